The molecule has 0 radical (unpaired) electrons. The van der Waals surface area contributed by atoms with Gasteiger partial charge in [-0.05, 0) is 36.8 Å². The van der Waals surface area contributed by atoms with E-state index in [9.17, 15) is 15.0 Å². The van der Waals surface area contributed by atoms with E-state index < -0.39 is 22.8 Å². The van der Waals surface area contributed by atoms with E-state index in [-0.39, 0.29) is 47.2 Å². The normalized spacial score (nSPS) is 10.7. The summed E-state index contributed by atoms with van der Waals surface area (Å²) < 4.78 is 16.1. The summed E-state index contributed by atoms with van der Waals surface area (Å²) in [5, 5.41) is 36.5. The molecule has 6 N–H and O–H groups in total. The van der Waals surface area contributed by atoms with E-state index in [1.807, 2.05) is 0 Å². The molecule has 0 unspecified atom stereocenters. The predicted molar refractivity (Wildman–Crippen MR) is 128 cm³/mol. The lowest BCUT2D eigenvalue weighted by atomic mass is 9.98. The van der Waals surface area contributed by atoms with Crippen molar-refractivity contribution in [2.45, 2.75) is 20.0 Å². The van der Waals surface area contributed by atoms with Crippen LogP contribution in [-0.4, -0.2) is 40.7 Å². The SMILES string of the molecule is CCOCc1[nH]c(=O)c(C(=N)OC(=[NH2+])Cc2ccc(Cl)cc2)c(O)c1-c1c(O)cccc1OC. The van der Waals surface area contributed by atoms with Crippen molar-refractivity contribution in [3.8, 4) is 28.4 Å². The lowest BCUT2D eigenvalue weighted by molar-refractivity contribution is -0.134. The molecule has 9 nitrogen and oxygen atoms in total. The summed E-state index contributed by atoms with van der Waals surface area (Å²) in [6, 6.07) is 11.4. The fourth-order valence-corrected chi connectivity index (χ4v) is 3.52. The maximum Gasteiger partial charge on any atom is 0.344 e. The van der Waals surface area contributed by atoms with Crippen LogP contribution in [0.5, 0.6) is 17.2 Å². The first kappa shape index (κ1) is 24.8. The number of aromatic hydroxyl groups is 2. The van der Waals surface area contributed by atoms with Crippen LogP contribution in [-0.2, 0) is 22.5 Å². The Morgan fingerprint density at radius 3 is 2.50 bits per heavy atom. The van der Waals surface area contributed by atoms with Crippen molar-refractivity contribution in [3.05, 3.63) is 74.7 Å². The molecule has 0 bridgehead atoms. The van der Waals surface area contributed by atoms with Gasteiger partial charge in [0.25, 0.3) is 5.56 Å². The maximum atomic E-state index is 12.8. The zero-order valence-corrected chi connectivity index (χ0v) is 19.4. The number of hydrogen-bond donors (Lipinski definition) is 5. The highest BCUT2D eigenvalue weighted by atomic mass is 35.5. The van der Waals surface area contributed by atoms with Crippen LogP contribution in [0, 0.1) is 5.41 Å². The number of benzene rings is 2. The number of phenolic OH excluding ortho intramolecular Hbond substituents is 1. The molecule has 10 heteroatoms. The standard InChI is InChI=1S/C24H24ClN3O6/c1-3-33-12-15-19(20-16(29)5-4-6-17(20)32-2)22(30)21(24(31)28-15)23(27)34-18(26)11-13-7-9-14(25)10-8-13/h4-10,26-27,29H,3,11-12H2,1-2H3,(H2,28,30,31)/p+1. The van der Waals surface area contributed by atoms with Gasteiger partial charge in [-0.2, -0.15) is 0 Å². The number of hydrogen-bond acceptors (Lipinski definition) is 7. The number of ether oxygens (including phenoxy) is 3. The van der Waals surface area contributed by atoms with Crippen molar-refractivity contribution in [2.75, 3.05) is 13.7 Å². The summed E-state index contributed by atoms with van der Waals surface area (Å²) in [5.41, 5.74) is -0.101. The number of pyridine rings is 1. The molecule has 1 aromatic heterocycles. The Hall–Kier alpha value is -3.82. The largest absolute Gasteiger partial charge is 0.507 e. The van der Waals surface area contributed by atoms with Gasteiger partial charge in [0.15, 0.2) is 0 Å². The van der Waals surface area contributed by atoms with Gasteiger partial charge in [0.05, 0.1) is 37.0 Å². The van der Waals surface area contributed by atoms with Crippen molar-refractivity contribution in [3.63, 3.8) is 0 Å². The monoisotopic (exact) mass is 486 g/mol. The average molecular weight is 487 g/mol. The molecule has 3 aromatic rings. The fourth-order valence-electron chi connectivity index (χ4n) is 3.39. The van der Waals surface area contributed by atoms with Gasteiger partial charge in [0, 0.05) is 11.6 Å². The summed E-state index contributed by atoms with van der Waals surface area (Å²) in [6.07, 6.45) is 0.154. The minimum absolute atomic E-state index is 0.0441. The van der Waals surface area contributed by atoms with Gasteiger partial charge in [-0.1, -0.05) is 29.8 Å². The van der Waals surface area contributed by atoms with Gasteiger partial charge >= 0.3 is 5.90 Å². The Kier molecular flexibility index (Phi) is 7.93. The van der Waals surface area contributed by atoms with E-state index in [4.69, 9.17) is 36.6 Å². The van der Waals surface area contributed by atoms with Crippen molar-refractivity contribution in [2.24, 2.45) is 0 Å². The van der Waals surface area contributed by atoms with E-state index in [0.29, 0.717) is 11.6 Å². The van der Waals surface area contributed by atoms with Gasteiger partial charge in [0.1, 0.15) is 22.8 Å². The highest BCUT2D eigenvalue weighted by Gasteiger charge is 2.27. The second-order valence-electron chi connectivity index (χ2n) is 7.22. The highest BCUT2D eigenvalue weighted by molar-refractivity contribution is 6.30. The quantitative estimate of drug-likeness (QED) is 0.243. The summed E-state index contributed by atoms with van der Waals surface area (Å²) >= 11 is 5.88. The van der Waals surface area contributed by atoms with E-state index in [2.05, 4.69) is 4.98 Å². The van der Waals surface area contributed by atoms with Crippen molar-refractivity contribution in [1.29, 1.82) is 5.41 Å². The molecule has 0 aliphatic carbocycles. The van der Waals surface area contributed by atoms with Crippen LogP contribution in [0.2, 0.25) is 5.02 Å². The summed E-state index contributed by atoms with van der Waals surface area (Å²) in [4.78, 5) is 15.4. The van der Waals surface area contributed by atoms with Crippen LogP contribution in [0.1, 0.15) is 23.7 Å². The number of H-pyrrole nitrogens is 1. The molecule has 1 heterocycles. The number of nitrogens with two attached hydrogens (primary N) is 1. The molecule has 0 atom stereocenters. The smallest absolute Gasteiger partial charge is 0.344 e. The predicted octanol–water partition coefficient (Wildman–Crippen LogP) is 2.39. The van der Waals surface area contributed by atoms with Crippen LogP contribution in [0.25, 0.3) is 11.1 Å². The Morgan fingerprint density at radius 1 is 1.15 bits per heavy atom. The minimum Gasteiger partial charge on any atom is -0.507 e. The molecular weight excluding hydrogens is 462 g/mol. The van der Waals surface area contributed by atoms with E-state index >= 15 is 0 Å². The summed E-state index contributed by atoms with van der Waals surface area (Å²) in [6.45, 7) is 2.05. The number of halogens is 1. The van der Waals surface area contributed by atoms with Crippen LogP contribution >= 0.6 is 11.6 Å². The first-order valence-electron chi connectivity index (χ1n) is 10.3. The first-order valence-corrected chi connectivity index (χ1v) is 10.7. The number of aromatic nitrogens is 1. The third-order valence-corrected chi connectivity index (χ3v) is 5.20. The molecular formula is C24H25ClN3O6+. The molecule has 0 aliphatic rings. The molecule has 3 rings (SSSR count). The number of aromatic amines is 1. The molecule has 0 saturated carbocycles. The minimum atomic E-state index is -0.783. The second-order valence-corrected chi connectivity index (χ2v) is 7.66. The molecule has 0 spiro atoms. The molecule has 0 amide bonds. The molecule has 0 saturated heterocycles. The van der Waals surface area contributed by atoms with E-state index in [1.165, 1.54) is 13.2 Å². The molecule has 34 heavy (non-hydrogen) atoms. The first-order chi connectivity index (χ1) is 16.3. The lowest BCUT2D eigenvalue weighted by Crippen LogP contribution is -2.44. The van der Waals surface area contributed by atoms with Crippen molar-refractivity contribution in [1.82, 2.24) is 4.98 Å². The Labute approximate surface area is 200 Å². The molecule has 0 fully saturated rings. The summed E-state index contributed by atoms with van der Waals surface area (Å²) in [5.74, 6) is -1.27. The van der Waals surface area contributed by atoms with Crippen LogP contribution in [0.3, 0.4) is 0 Å². The van der Waals surface area contributed by atoms with Crippen LogP contribution in [0.4, 0.5) is 0 Å². The Bertz CT molecular complexity index is 1270. The molecule has 178 valence electrons. The number of rotatable bonds is 8. The third kappa shape index (κ3) is 5.38. The Morgan fingerprint density at radius 2 is 1.85 bits per heavy atom. The van der Waals surface area contributed by atoms with Crippen molar-refractivity contribution < 1.29 is 29.8 Å². The second kappa shape index (κ2) is 10.9. The number of methoxy groups -OCH3 is 1. The zero-order valence-electron chi connectivity index (χ0n) is 18.6. The van der Waals surface area contributed by atoms with Crippen molar-refractivity contribution >= 4 is 23.4 Å². The van der Waals surface area contributed by atoms with E-state index in [0.717, 1.165) is 5.56 Å². The maximum absolute atomic E-state index is 12.8. The van der Waals surface area contributed by atoms with Gasteiger partial charge in [-0.25, -0.2) is 5.41 Å². The highest BCUT2D eigenvalue weighted by Crippen LogP contribution is 2.44. The fraction of sp³-hybridized carbons (Fsp3) is 0.208. The molecule has 0 aliphatic heterocycles. The number of phenols is 1. The van der Waals surface area contributed by atoms with Gasteiger partial charge in [-0.3, -0.25) is 10.2 Å². The van der Waals surface area contributed by atoms with Crippen LogP contribution < -0.4 is 15.7 Å². The van der Waals surface area contributed by atoms with Crippen LogP contribution in [0.15, 0.2) is 47.3 Å². The van der Waals surface area contributed by atoms with Gasteiger partial charge in [-0.15, -0.1) is 0 Å². The average Bonchev–Trinajstić information content (AvgIpc) is 2.79. The van der Waals surface area contributed by atoms with Gasteiger partial charge in [0.2, 0.25) is 5.90 Å². The van der Waals surface area contributed by atoms with E-state index in [1.54, 1.807) is 43.3 Å². The number of nitrogens with one attached hydrogen (secondary N) is 2. The zero-order chi connectivity index (χ0) is 24.8. The van der Waals surface area contributed by atoms with Gasteiger partial charge < -0.3 is 29.4 Å². The summed E-state index contributed by atoms with van der Waals surface area (Å²) in [7, 11) is 1.40. The molecule has 2 aromatic carbocycles. The lowest BCUT2D eigenvalue weighted by Gasteiger charge is -2.18. The topological polar surface area (TPSA) is 150 Å². The third-order valence-electron chi connectivity index (χ3n) is 4.94. The Balaban J connectivity index is 2.04.